The van der Waals surface area contributed by atoms with Gasteiger partial charge in [0, 0.05) is 18.4 Å². The zero-order valence-corrected chi connectivity index (χ0v) is 13.4. The van der Waals surface area contributed by atoms with Gasteiger partial charge in [-0.3, -0.25) is 4.18 Å². The number of ether oxygens (including phenoxy) is 2. The lowest BCUT2D eigenvalue weighted by Gasteiger charge is -2.32. The van der Waals surface area contributed by atoms with Gasteiger partial charge in [0.2, 0.25) is 0 Å². The molecule has 1 aliphatic carbocycles. The molecule has 0 unspecified atom stereocenters. The number of hydrogen-bond donors (Lipinski definition) is 1. The Hall–Kier alpha value is -1.06. The molecule has 2 N–H and O–H groups in total. The molecule has 0 aromatic heterocycles. The number of hydrogen-bond acceptors (Lipinski definition) is 5. The van der Waals surface area contributed by atoms with Crippen molar-refractivity contribution in [3.63, 3.8) is 0 Å². The van der Waals surface area contributed by atoms with Crippen molar-refractivity contribution in [2.24, 2.45) is 5.14 Å². The lowest BCUT2D eigenvalue weighted by atomic mass is 9.94. The Balaban J connectivity index is 1.85. The van der Waals surface area contributed by atoms with Crippen molar-refractivity contribution < 1.29 is 26.5 Å². The molecule has 1 heterocycles. The first-order chi connectivity index (χ1) is 10.9. The minimum atomic E-state index is -4.10. The summed E-state index contributed by atoms with van der Waals surface area (Å²) >= 11 is 0. The molecular weight excluding hydrogens is 325 g/mol. The van der Waals surface area contributed by atoms with Gasteiger partial charge in [0.25, 0.3) is 0 Å². The third-order valence-electron chi connectivity index (χ3n) is 4.27. The lowest BCUT2D eigenvalue weighted by molar-refractivity contribution is -0.196. The summed E-state index contributed by atoms with van der Waals surface area (Å²) in [7, 11) is -4.10. The summed E-state index contributed by atoms with van der Waals surface area (Å²) in [6.45, 7) is -0.306. The lowest BCUT2D eigenvalue weighted by Crippen LogP contribution is -2.34. The molecule has 6 nitrogen and oxygen atoms in total. The van der Waals surface area contributed by atoms with Crippen LogP contribution in [0.15, 0.2) is 24.3 Å². The molecule has 23 heavy (non-hydrogen) atoms. The van der Waals surface area contributed by atoms with Crippen LogP contribution in [0.2, 0.25) is 0 Å². The van der Waals surface area contributed by atoms with Crippen molar-refractivity contribution in [3.05, 3.63) is 35.6 Å². The second kappa shape index (κ2) is 6.45. The molecular formula is C15H20FNO5S. The van der Waals surface area contributed by atoms with Gasteiger partial charge in [-0.15, -0.1) is 0 Å². The number of nitrogens with two attached hydrogens (primary N) is 1. The van der Waals surface area contributed by atoms with Crippen molar-refractivity contribution in [1.82, 2.24) is 0 Å². The molecule has 1 spiro atoms. The van der Waals surface area contributed by atoms with Crippen LogP contribution in [0.4, 0.5) is 4.39 Å². The van der Waals surface area contributed by atoms with Crippen molar-refractivity contribution in [1.29, 1.82) is 0 Å². The van der Waals surface area contributed by atoms with E-state index in [1.54, 1.807) is 18.2 Å². The van der Waals surface area contributed by atoms with Crippen LogP contribution in [0.1, 0.15) is 43.8 Å². The number of rotatable bonds is 4. The van der Waals surface area contributed by atoms with Gasteiger partial charge in [-0.05, 0) is 18.9 Å². The highest BCUT2D eigenvalue weighted by Gasteiger charge is 2.49. The topological polar surface area (TPSA) is 87.9 Å². The fraction of sp³-hybridized carbons (Fsp3) is 0.600. The van der Waals surface area contributed by atoms with E-state index in [0.29, 0.717) is 18.4 Å². The monoisotopic (exact) mass is 345 g/mol. The van der Waals surface area contributed by atoms with Gasteiger partial charge >= 0.3 is 10.3 Å². The molecule has 0 amide bonds. The average molecular weight is 345 g/mol. The van der Waals surface area contributed by atoms with Crippen LogP contribution in [-0.2, 0) is 24.0 Å². The summed E-state index contributed by atoms with van der Waals surface area (Å²) in [5.74, 6) is -1.22. The maximum Gasteiger partial charge on any atom is 0.333 e. The maximum atomic E-state index is 14.1. The third kappa shape index (κ3) is 3.89. The van der Waals surface area contributed by atoms with E-state index < -0.39 is 34.1 Å². The number of benzene rings is 1. The minimum Gasteiger partial charge on any atom is -0.341 e. The van der Waals surface area contributed by atoms with Crippen molar-refractivity contribution in [2.45, 2.75) is 50.1 Å². The second-order valence-electron chi connectivity index (χ2n) is 5.96. The summed E-state index contributed by atoms with van der Waals surface area (Å²) < 4.78 is 52.9. The van der Waals surface area contributed by atoms with Gasteiger partial charge in [0.05, 0.1) is 6.61 Å². The van der Waals surface area contributed by atoms with Crippen LogP contribution in [0.25, 0.3) is 0 Å². The van der Waals surface area contributed by atoms with Crippen LogP contribution in [0.5, 0.6) is 0 Å². The first-order valence-corrected chi connectivity index (χ1v) is 9.13. The first-order valence-electron chi connectivity index (χ1n) is 7.66. The van der Waals surface area contributed by atoms with E-state index in [0.717, 1.165) is 19.3 Å². The predicted octanol–water partition coefficient (Wildman–Crippen LogP) is 2.16. The van der Waals surface area contributed by atoms with Crippen molar-refractivity contribution >= 4 is 10.3 Å². The highest BCUT2D eigenvalue weighted by molar-refractivity contribution is 7.84. The number of halogens is 1. The Kier molecular flexibility index (Phi) is 4.70. The highest BCUT2D eigenvalue weighted by Crippen LogP contribution is 2.46. The van der Waals surface area contributed by atoms with Gasteiger partial charge in [-0.25, -0.2) is 9.53 Å². The molecule has 8 heteroatoms. The Morgan fingerprint density at radius 2 is 1.91 bits per heavy atom. The molecule has 2 aliphatic rings. The van der Waals surface area contributed by atoms with Crippen molar-refractivity contribution in [3.8, 4) is 0 Å². The summed E-state index contributed by atoms with van der Waals surface area (Å²) in [5, 5.41) is 4.88. The normalized spacial score (nSPS) is 27.4. The standard InChI is InChI=1S/C15H20FNO5S/c16-12-7-3-2-6-11(12)14-13(10-20-23(17,18)19)21-15(22-14)8-4-1-5-9-15/h2-3,6-7,13-14H,1,4-5,8-10H2,(H2,17,18,19)/t13-,14-/m1/s1. The highest BCUT2D eigenvalue weighted by atomic mass is 32.2. The summed E-state index contributed by atoms with van der Waals surface area (Å²) in [4.78, 5) is 0. The molecule has 0 bridgehead atoms. The van der Waals surface area contributed by atoms with E-state index in [2.05, 4.69) is 4.18 Å². The predicted molar refractivity (Wildman–Crippen MR) is 80.0 cm³/mol. The van der Waals surface area contributed by atoms with Crippen LogP contribution in [0, 0.1) is 5.82 Å². The molecule has 2 atom stereocenters. The SMILES string of the molecule is NS(=O)(=O)OC[C@H]1OC2(CCCCC2)O[C@@H]1c1ccccc1F. The Morgan fingerprint density at radius 3 is 2.57 bits per heavy atom. The van der Waals surface area contributed by atoms with E-state index in [1.807, 2.05) is 0 Å². The zero-order valence-electron chi connectivity index (χ0n) is 12.6. The summed E-state index contributed by atoms with van der Waals surface area (Å²) in [6, 6.07) is 6.23. The average Bonchev–Trinajstić information content (AvgIpc) is 2.84. The molecule has 1 saturated heterocycles. The molecule has 0 radical (unpaired) electrons. The van der Waals surface area contributed by atoms with E-state index >= 15 is 0 Å². The quantitative estimate of drug-likeness (QED) is 0.903. The molecule has 3 rings (SSSR count). The summed E-state index contributed by atoms with van der Waals surface area (Å²) in [5.41, 5.74) is 0.331. The van der Waals surface area contributed by atoms with E-state index in [4.69, 9.17) is 14.6 Å². The van der Waals surface area contributed by atoms with Crippen LogP contribution >= 0.6 is 0 Å². The Morgan fingerprint density at radius 1 is 1.22 bits per heavy atom. The maximum absolute atomic E-state index is 14.1. The molecule has 1 aromatic carbocycles. The largest absolute Gasteiger partial charge is 0.341 e. The van der Waals surface area contributed by atoms with Gasteiger partial charge in [0.1, 0.15) is 18.0 Å². The molecule has 128 valence electrons. The fourth-order valence-electron chi connectivity index (χ4n) is 3.25. The van der Waals surface area contributed by atoms with Crippen molar-refractivity contribution in [2.75, 3.05) is 6.61 Å². The third-order valence-corrected chi connectivity index (χ3v) is 4.73. The molecule has 1 aromatic rings. The molecule has 1 saturated carbocycles. The summed E-state index contributed by atoms with van der Waals surface area (Å²) in [6.07, 6.45) is 2.93. The van der Waals surface area contributed by atoms with Crippen LogP contribution in [-0.4, -0.2) is 26.9 Å². The van der Waals surface area contributed by atoms with Gasteiger partial charge in [-0.1, -0.05) is 24.6 Å². The smallest absolute Gasteiger partial charge is 0.333 e. The zero-order chi connectivity index (χ0) is 16.5. The fourth-order valence-corrected chi connectivity index (χ4v) is 3.58. The van der Waals surface area contributed by atoms with Gasteiger partial charge in [-0.2, -0.15) is 8.42 Å². The van der Waals surface area contributed by atoms with Gasteiger partial charge < -0.3 is 9.47 Å². The van der Waals surface area contributed by atoms with Crippen LogP contribution < -0.4 is 5.14 Å². The van der Waals surface area contributed by atoms with Crippen LogP contribution in [0.3, 0.4) is 0 Å². The Labute approximate surface area is 135 Å². The second-order valence-corrected chi connectivity index (χ2v) is 7.19. The Bertz CT molecular complexity index is 660. The van der Waals surface area contributed by atoms with E-state index in [-0.39, 0.29) is 6.61 Å². The first kappa shape index (κ1) is 16.8. The molecule has 1 aliphatic heterocycles. The molecule has 2 fully saturated rings. The van der Waals surface area contributed by atoms with Gasteiger partial charge in [0.15, 0.2) is 5.79 Å². The van der Waals surface area contributed by atoms with E-state index in [9.17, 15) is 12.8 Å². The van der Waals surface area contributed by atoms with E-state index in [1.165, 1.54) is 6.07 Å². The minimum absolute atomic E-state index is 0.306.